The third-order valence-corrected chi connectivity index (χ3v) is 1.88. The molecule has 0 fully saturated rings. The van der Waals surface area contributed by atoms with E-state index in [9.17, 15) is 0 Å². The van der Waals surface area contributed by atoms with Gasteiger partial charge in [-0.05, 0) is 0 Å². The van der Waals surface area contributed by atoms with Gasteiger partial charge in [-0.25, -0.2) is 9.97 Å². The van der Waals surface area contributed by atoms with Gasteiger partial charge in [-0.3, -0.25) is 0 Å². The fourth-order valence-electron chi connectivity index (χ4n) is 1.00. The lowest BCUT2D eigenvalue weighted by Crippen LogP contribution is -2.17. The highest BCUT2D eigenvalue weighted by Gasteiger charge is 2.16. The maximum atomic E-state index is 4.26. The van der Waals surface area contributed by atoms with Crippen LogP contribution in [0.1, 0.15) is 26.5 Å². The molecular weight excluding hydrogens is 162 g/mol. The molecule has 0 spiro atoms. The van der Waals surface area contributed by atoms with E-state index in [1.165, 1.54) is 0 Å². The van der Waals surface area contributed by atoms with Crippen molar-refractivity contribution in [2.45, 2.75) is 26.2 Å². The first-order valence-corrected chi connectivity index (χ1v) is 4.41. The van der Waals surface area contributed by atoms with Crippen molar-refractivity contribution in [1.29, 1.82) is 0 Å². The van der Waals surface area contributed by atoms with Crippen LogP contribution in [0.4, 0.5) is 5.82 Å². The van der Waals surface area contributed by atoms with Gasteiger partial charge >= 0.3 is 0 Å². The molecule has 0 bridgehead atoms. The van der Waals surface area contributed by atoms with Crippen molar-refractivity contribution in [3.8, 4) is 0 Å². The lowest BCUT2D eigenvalue weighted by atomic mass is 9.92. The SMILES string of the molecule is CN(C)c1cc(C(C)(C)C)ncn1. The van der Waals surface area contributed by atoms with Crippen molar-refractivity contribution in [1.82, 2.24) is 9.97 Å². The van der Waals surface area contributed by atoms with Gasteiger partial charge in [-0.1, -0.05) is 20.8 Å². The summed E-state index contributed by atoms with van der Waals surface area (Å²) in [4.78, 5) is 10.4. The van der Waals surface area contributed by atoms with Crippen LogP contribution in [-0.4, -0.2) is 24.1 Å². The summed E-state index contributed by atoms with van der Waals surface area (Å²) >= 11 is 0. The normalized spacial score (nSPS) is 11.5. The second-order valence-corrected chi connectivity index (χ2v) is 4.41. The Hall–Kier alpha value is -1.12. The van der Waals surface area contributed by atoms with E-state index in [0.29, 0.717) is 0 Å². The number of aromatic nitrogens is 2. The predicted octanol–water partition coefficient (Wildman–Crippen LogP) is 1.84. The van der Waals surface area contributed by atoms with Gasteiger partial charge in [0.2, 0.25) is 0 Å². The highest BCUT2D eigenvalue weighted by Crippen LogP contribution is 2.21. The lowest BCUT2D eigenvalue weighted by Gasteiger charge is -2.19. The molecule has 0 atom stereocenters. The van der Waals surface area contributed by atoms with E-state index in [4.69, 9.17) is 0 Å². The van der Waals surface area contributed by atoms with Crippen LogP contribution < -0.4 is 4.90 Å². The standard InChI is InChI=1S/C10H17N3/c1-10(2,3)8-6-9(13(4)5)12-7-11-8/h6-7H,1-5H3. The zero-order valence-corrected chi connectivity index (χ0v) is 9.00. The molecule has 1 heterocycles. The molecule has 0 unspecified atom stereocenters. The molecule has 1 rings (SSSR count). The third kappa shape index (κ3) is 2.41. The minimum Gasteiger partial charge on any atom is -0.363 e. The number of hydrogen-bond donors (Lipinski definition) is 0. The molecule has 0 saturated carbocycles. The zero-order valence-electron chi connectivity index (χ0n) is 9.00. The van der Waals surface area contributed by atoms with Crippen LogP contribution in [0, 0.1) is 0 Å². The minimum atomic E-state index is 0.0910. The molecule has 13 heavy (non-hydrogen) atoms. The van der Waals surface area contributed by atoms with Crippen LogP contribution in [0.3, 0.4) is 0 Å². The molecule has 3 nitrogen and oxygen atoms in total. The molecule has 0 aliphatic heterocycles. The van der Waals surface area contributed by atoms with E-state index in [2.05, 4.69) is 30.7 Å². The van der Waals surface area contributed by atoms with E-state index in [1.54, 1.807) is 6.33 Å². The summed E-state index contributed by atoms with van der Waals surface area (Å²) in [5, 5.41) is 0. The topological polar surface area (TPSA) is 29.0 Å². The molecular formula is C10H17N3. The van der Waals surface area contributed by atoms with Crippen molar-refractivity contribution in [2.24, 2.45) is 0 Å². The Kier molecular flexibility index (Phi) is 2.55. The third-order valence-electron chi connectivity index (χ3n) is 1.88. The van der Waals surface area contributed by atoms with Gasteiger partial charge in [0.15, 0.2) is 0 Å². The first-order chi connectivity index (χ1) is 5.91. The summed E-state index contributed by atoms with van der Waals surface area (Å²) in [6.07, 6.45) is 1.62. The van der Waals surface area contributed by atoms with Gasteiger partial charge < -0.3 is 4.90 Å². The van der Waals surface area contributed by atoms with Gasteiger partial charge in [0, 0.05) is 25.6 Å². The Morgan fingerprint density at radius 2 is 1.77 bits per heavy atom. The van der Waals surface area contributed by atoms with Gasteiger partial charge in [0.05, 0.1) is 5.69 Å². The van der Waals surface area contributed by atoms with E-state index >= 15 is 0 Å². The minimum absolute atomic E-state index is 0.0910. The number of rotatable bonds is 1. The van der Waals surface area contributed by atoms with Gasteiger partial charge in [-0.2, -0.15) is 0 Å². The van der Waals surface area contributed by atoms with Crippen LogP contribution in [0.2, 0.25) is 0 Å². The summed E-state index contributed by atoms with van der Waals surface area (Å²) in [6.45, 7) is 6.44. The highest BCUT2D eigenvalue weighted by atomic mass is 15.1. The average molecular weight is 179 g/mol. The van der Waals surface area contributed by atoms with Gasteiger partial charge in [-0.15, -0.1) is 0 Å². The molecule has 0 aliphatic carbocycles. The highest BCUT2D eigenvalue weighted by molar-refractivity contribution is 5.38. The summed E-state index contributed by atoms with van der Waals surface area (Å²) in [5.74, 6) is 0.958. The molecule has 72 valence electrons. The van der Waals surface area contributed by atoms with Crippen molar-refractivity contribution in [3.63, 3.8) is 0 Å². The van der Waals surface area contributed by atoms with Crippen molar-refractivity contribution < 1.29 is 0 Å². The maximum Gasteiger partial charge on any atom is 0.131 e. The average Bonchev–Trinajstić information content (AvgIpc) is 2.03. The Morgan fingerprint density at radius 1 is 1.15 bits per heavy atom. The molecule has 3 heteroatoms. The second-order valence-electron chi connectivity index (χ2n) is 4.41. The fourth-order valence-corrected chi connectivity index (χ4v) is 1.00. The number of nitrogens with zero attached hydrogens (tertiary/aromatic N) is 3. The Balaban J connectivity index is 3.06. The van der Waals surface area contributed by atoms with Gasteiger partial charge in [0.25, 0.3) is 0 Å². The zero-order chi connectivity index (χ0) is 10.1. The Morgan fingerprint density at radius 3 is 2.23 bits per heavy atom. The number of hydrogen-bond acceptors (Lipinski definition) is 3. The summed E-state index contributed by atoms with van der Waals surface area (Å²) in [7, 11) is 3.96. The first kappa shape index (κ1) is 9.96. The van der Waals surface area contributed by atoms with Crippen LogP contribution in [0.5, 0.6) is 0 Å². The molecule has 1 aromatic rings. The Bertz CT molecular complexity index is 286. The summed E-state index contributed by atoms with van der Waals surface area (Å²) in [6, 6.07) is 2.03. The predicted molar refractivity (Wildman–Crippen MR) is 55.1 cm³/mol. The Labute approximate surface area is 79.8 Å². The smallest absolute Gasteiger partial charge is 0.131 e. The van der Waals surface area contributed by atoms with Crippen LogP contribution in [0.25, 0.3) is 0 Å². The van der Waals surface area contributed by atoms with Crippen LogP contribution in [-0.2, 0) is 5.41 Å². The fraction of sp³-hybridized carbons (Fsp3) is 0.600. The number of anilines is 1. The van der Waals surface area contributed by atoms with Crippen LogP contribution in [0.15, 0.2) is 12.4 Å². The lowest BCUT2D eigenvalue weighted by molar-refractivity contribution is 0.566. The first-order valence-electron chi connectivity index (χ1n) is 4.41. The monoisotopic (exact) mass is 179 g/mol. The molecule has 0 aliphatic rings. The summed E-state index contributed by atoms with van der Waals surface area (Å²) < 4.78 is 0. The molecule has 0 amide bonds. The summed E-state index contributed by atoms with van der Waals surface area (Å²) in [5.41, 5.74) is 1.17. The van der Waals surface area contributed by atoms with Crippen molar-refractivity contribution >= 4 is 5.82 Å². The van der Waals surface area contributed by atoms with E-state index < -0.39 is 0 Å². The second kappa shape index (κ2) is 3.32. The molecule has 0 saturated heterocycles. The molecule has 0 N–H and O–H groups in total. The molecule has 1 aromatic heterocycles. The van der Waals surface area contributed by atoms with Crippen molar-refractivity contribution in [2.75, 3.05) is 19.0 Å². The molecule has 0 aromatic carbocycles. The van der Waals surface area contributed by atoms with E-state index in [1.807, 2.05) is 25.1 Å². The quantitative estimate of drug-likeness (QED) is 0.658. The molecule has 0 radical (unpaired) electrons. The maximum absolute atomic E-state index is 4.26. The van der Waals surface area contributed by atoms with Crippen LogP contribution >= 0.6 is 0 Å². The van der Waals surface area contributed by atoms with Crippen molar-refractivity contribution in [3.05, 3.63) is 18.1 Å². The van der Waals surface area contributed by atoms with E-state index in [0.717, 1.165) is 11.5 Å². The largest absolute Gasteiger partial charge is 0.363 e. The van der Waals surface area contributed by atoms with E-state index in [-0.39, 0.29) is 5.41 Å². The van der Waals surface area contributed by atoms with Gasteiger partial charge in [0.1, 0.15) is 12.1 Å².